The lowest BCUT2D eigenvalue weighted by Crippen LogP contribution is -2.24. The van der Waals surface area contributed by atoms with Gasteiger partial charge in [-0.1, -0.05) is 11.6 Å². The number of halogens is 1. The predicted octanol–water partition coefficient (Wildman–Crippen LogP) is 1.05. The number of pyridine rings is 1. The summed E-state index contributed by atoms with van der Waals surface area (Å²) in [5.74, 6) is 5.89. The standard InChI is InChI=1S/C12H13ClN6O/c1-7-15-3-2-9(18-7)6-17-12(20)8-4-10(13)11(19-14)16-5-8/h2-5H,6,14H2,1H3,(H,16,19)(H,17,20). The molecule has 0 saturated heterocycles. The number of nitrogen functional groups attached to an aromatic ring is 1. The Morgan fingerprint density at radius 3 is 2.90 bits per heavy atom. The second kappa shape index (κ2) is 6.27. The van der Waals surface area contributed by atoms with Crippen LogP contribution in [0.3, 0.4) is 0 Å². The summed E-state index contributed by atoms with van der Waals surface area (Å²) in [5.41, 5.74) is 3.41. The van der Waals surface area contributed by atoms with Gasteiger partial charge in [0.15, 0.2) is 5.82 Å². The number of hydrazine groups is 1. The van der Waals surface area contributed by atoms with Crippen molar-refractivity contribution in [2.75, 3.05) is 5.43 Å². The Bertz CT molecular complexity index is 633. The Balaban J connectivity index is 2.03. The van der Waals surface area contributed by atoms with Gasteiger partial charge in [0.05, 0.1) is 22.8 Å². The highest BCUT2D eigenvalue weighted by Gasteiger charge is 2.09. The van der Waals surface area contributed by atoms with Crippen molar-refractivity contribution in [2.24, 2.45) is 5.84 Å². The van der Waals surface area contributed by atoms with E-state index >= 15 is 0 Å². The van der Waals surface area contributed by atoms with Crippen molar-refractivity contribution >= 4 is 23.3 Å². The molecule has 0 saturated carbocycles. The minimum absolute atomic E-state index is 0.276. The van der Waals surface area contributed by atoms with E-state index in [1.165, 1.54) is 12.3 Å². The zero-order valence-corrected chi connectivity index (χ0v) is 11.5. The molecule has 0 bridgehead atoms. The minimum atomic E-state index is -0.292. The molecule has 0 aromatic carbocycles. The molecule has 0 aliphatic rings. The summed E-state index contributed by atoms with van der Waals surface area (Å²) in [4.78, 5) is 24.1. The minimum Gasteiger partial charge on any atom is -0.346 e. The van der Waals surface area contributed by atoms with Crippen LogP contribution in [-0.4, -0.2) is 20.9 Å². The van der Waals surface area contributed by atoms with Crippen molar-refractivity contribution in [3.8, 4) is 0 Å². The largest absolute Gasteiger partial charge is 0.346 e. The Morgan fingerprint density at radius 1 is 1.45 bits per heavy atom. The SMILES string of the molecule is Cc1nccc(CNC(=O)c2cnc(NN)c(Cl)c2)n1. The van der Waals surface area contributed by atoms with Crippen molar-refractivity contribution < 1.29 is 4.79 Å². The molecule has 104 valence electrons. The van der Waals surface area contributed by atoms with Gasteiger partial charge in [0.1, 0.15) is 5.82 Å². The first-order valence-corrected chi connectivity index (χ1v) is 6.17. The van der Waals surface area contributed by atoms with Crippen LogP contribution < -0.4 is 16.6 Å². The average molecular weight is 293 g/mol. The summed E-state index contributed by atoms with van der Waals surface area (Å²) in [5, 5.41) is 3.00. The Morgan fingerprint density at radius 2 is 2.25 bits per heavy atom. The summed E-state index contributed by atoms with van der Waals surface area (Å²) in [6.07, 6.45) is 3.03. The fourth-order valence-corrected chi connectivity index (χ4v) is 1.77. The molecule has 0 aliphatic heterocycles. The highest BCUT2D eigenvalue weighted by atomic mass is 35.5. The van der Waals surface area contributed by atoms with E-state index < -0.39 is 0 Å². The van der Waals surface area contributed by atoms with E-state index in [0.29, 0.717) is 23.8 Å². The smallest absolute Gasteiger partial charge is 0.253 e. The van der Waals surface area contributed by atoms with Gasteiger partial charge in [0.2, 0.25) is 0 Å². The number of carbonyl (C=O) groups is 1. The molecule has 2 rings (SSSR count). The molecule has 0 radical (unpaired) electrons. The van der Waals surface area contributed by atoms with Crippen molar-refractivity contribution in [2.45, 2.75) is 13.5 Å². The molecule has 0 fully saturated rings. The third-order valence-electron chi connectivity index (χ3n) is 2.50. The predicted molar refractivity (Wildman–Crippen MR) is 75.0 cm³/mol. The fraction of sp³-hybridized carbons (Fsp3) is 0.167. The third kappa shape index (κ3) is 3.40. The zero-order chi connectivity index (χ0) is 14.5. The van der Waals surface area contributed by atoms with E-state index in [1.54, 1.807) is 19.2 Å². The average Bonchev–Trinajstić information content (AvgIpc) is 2.44. The van der Waals surface area contributed by atoms with Crippen LogP contribution in [-0.2, 0) is 6.54 Å². The summed E-state index contributed by atoms with van der Waals surface area (Å²) in [6.45, 7) is 2.09. The summed E-state index contributed by atoms with van der Waals surface area (Å²) in [7, 11) is 0. The normalized spacial score (nSPS) is 10.2. The molecule has 2 heterocycles. The van der Waals surface area contributed by atoms with E-state index in [4.69, 9.17) is 17.4 Å². The second-order valence-corrected chi connectivity index (χ2v) is 4.38. The number of amides is 1. The molecule has 4 N–H and O–H groups in total. The molecule has 8 heteroatoms. The van der Waals surface area contributed by atoms with Crippen molar-refractivity contribution in [1.29, 1.82) is 0 Å². The van der Waals surface area contributed by atoms with Crippen LogP contribution in [0.25, 0.3) is 0 Å². The number of aromatic nitrogens is 3. The van der Waals surface area contributed by atoms with Crippen molar-refractivity contribution in [3.63, 3.8) is 0 Å². The molecular weight excluding hydrogens is 280 g/mol. The lowest BCUT2D eigenvalue weighted by Gasteiger charge is -2.07. The van der Waals surface area contributed by atoms with Gasteiger partial charge in [0, 0.05) is 12.4 Å². The maximum Gasteiger partial charge on any atom is 0.253 e. The van der Waals surface area contributed by atoms with E-state index in [-0.39, 0.29) is 10.9 Å². The first-order chi connectivity index (χ1) is 9.60. The first-order valence-electron chi connectivity index (χ1n) is 5.79. The molecule has 0 atom stereocenters. The number of anilines is 1. The number of carbonyl (C=O) groups excluding carboxylic acids is 1. The van der Waals surface area contributed by atoms with Crippen LogP contribution in [0.15, 0.2) is 24.5 Å². The van der Waals surface area contributed by atoms with Gasteiger partial charge in [-0.2, -0.15) is 0 Å². The summed E-state index contributed by atoms with van der Waals surface area (Å²) in [6, 6.07) is 3.23. The number of nitrogens with zero attached hydrogens (tertiary/aromatic N) is 3. The Kier molecular flexibility index (Phi) is 4.44. The molecule has 2 aromatic heterocycles. The molecule has 1 amide bonds. The number of aryl methyl sites for hydroxylation is 1. The van der Waals surface area contributed by atoms with E-state index in [2.05, 4.69) is 25.7 Å². The number of hydrogen-bond donors (Lipinski definition) is 3. The molecule has 20 heavy (non-hydrogen) atoms. The van der Waals surface area contributed by atoms with Crippen LogP contribution in [0.1, 0.15) is 21.9 Å². The van der Waals surface area contributed by atoms with Gasteiger partial charge in [0.25, 0.3) is 5.91 Å². The number of nitrogens with one attached hydrogen (secondary N) is 2. The van der Waals surface area contributed by atoms with Gasteiger partial charge in [-0.05, 0) is 19.1 Å². The highest BCUT2D eigenvalue weighted by Crippen LogP contribution is 2.18. The molecule has 7 nitrogen and oxygen atoms in total. The van der Waals surface area contributed by atoms with E-state index in [0.717, 1.165) is 5.69 Å². The maximum atomic E-state index is 11.9. The lowest BCUT2D eigenvalue weighted by atomic mass is 10.2. The lowest BCUT2D eigenvalue weighted by molar-refractivity contribution is 0.0950. The molecule has 0 spiro atoms. The van der Waals surface area contributed by atoms with Crippen molar-refractivity contribution in [3.05, 3.63) is 46.6 Å². The van der Waals surface area contributed by atoms with E-state index in [9.17, 15) is 4.79 Å². The number of rotatable bonds is 4. The Labute approximate surface area is 120 Å². The Hall–Kier alpha value is -2.25. The van der Waals surface area contributed by atoms with Crippen LogP contribution in [0.5, 0.6) is 0 Å². The fourth-order valence-electron chi connectivity index (χ4n) is 1.54. The zero-order valence-electron chi connectivity index (χ0n) is 10.7. The van der Waals surface area contributed by atoms with Gasteiger partial charge >= 0.3 is 0 Å². The van der Waals surface area contributed by atoms with Crippen LogP contribution in [0.4, 0.5) is 5.82 Å². The monoisotopic (exact) mass is 292 g/mol. The number of nitrogens with two attached hydrogens (primary N) is 1. The summed E-state index contributed by atoms with van der Waals surface area (Å²) >= 11 is 5.91. The first kappa shape index (κ1) is 14.2. The molecular formula is C12H13ClN6O. The second-order valence-electron chi connectivity index (χ2n) is 3.98. The van der Waals surface area contributed by atoms with Crippen LogP contribution in [0, 0.1) is 6.92 Å². The van der Waals surface area contributed by atoms with Crippen molar-refractivity contribution in [1.82, 2.24) is 20.3 Å². The quantitative estimate of drug-likeness (QED) is 0.574. The van der Waals surface area contributed by atoms with Gasteiger partial charge in [-0.25, -0.2) is 20.8 Å². The summed E-state index contributed by atoms with van der Waals surface area (Å²) < 4.78 is 0. The van der Waals surface area contributed by atoms with Crippen LogP contribution >= 0.6 is 11.6 Å². The highest BCUT2D eigenvalue weighted by molar-refractivity contribution is 6.33. The van der Waals surface area contributed by atoms with Gasteiger partial charge in [-0.15, -0.1) is 0 Å². The molecule has 0 aliphatic carbocycles. The van der Waals surface area contributed by atoms with Gasteiger partial charge in [-0.3, -0.25) is 4.79 Å². The number of hydrogen-bond acceptors (Lipinski definition) is 6. The third-order valence-corrected chi connectivity index (χ3v) is 2.79. The molecule has 0 unspecified atom stereocenters. The van der Waals surface area contributed by atoms with Crippen LogP contribution in [0.2, 0.25) is 5.02 Å². The van der Waals surface area contributed by atoms with Gasteiger partial charge < -0.3 is 10.7 Å². The topological polar surface area (TPSA) is 106 Å². The van der Waals surface area contributed by atoms with E-state index in [1.807, 2.05) is 0 Å². The maximum absolute atomic E-state index is 11.9. The molecule has 2 aromatic rings.